The predicted molar refractivity (Wildman–Crippen MR) is 143 cm³/mol. The van der Waals surface area contributed by atoms with Gasteiger partial charge in [-0.15, -0.1) is 0 Å². The third-order valence-corrected chi connectivity index (χ3v) is 5.48. The third kappa shape index (κ3) is 8.70. The number of alkyl carbamates (subject to hydrolysis) is 1. The topological polar surface area (TPSA) is 87.7 Å². The Morgan fingerprint density at radius 2 is 1.56 bits per heavy atom. The van der Waals surface area contributed by atoms with Gasteiger partial charge in [-0.1, -0.05) is 54.1 Å². The van der Waals surface area contributed by atoms with E-state index < -0.39 is 29.3 Å². The summed E-state index contributed by atoms with van der Waals surface area (Å²) in [5.41, 5.74) is 2.29. The van der Waals surface area contributed by atoms with Crippen molar-refractivity contribution in [2.75, 3.05) is 7.05 Å². The summed E-state index contributed by atoms with van der Waals surface area (Å²) in [5.74, 6) is -0.678. The van der Waals surface area contributed by atoms with E-state index in [9.17, 15) is 14.4 Å². The second kappa shape index (κ2) is 11.6. The van der Waals surface area contributed by atoms with Gasteiger partial charge in [0.2, 0.25) is 11.8 Å². The van der Waals surface area contributed by atoms with Gasteiger partial charge in [-0.05, 0) is 72.1 Å². The van der Waals surface area contributed by atoms with E-state index in [-0.39, 0.29) is 18.2 Å². The molecule has 0 saturated heterocycles. The number of carbonyl (C=O) groups excluding carboxylic acids is 3. The Bertz CT molecular complexity index is 1070. The van der Waals surface area contributed by atoms with Gasteiger partial charge < -0.3 is 20.3 Å². The van der Waals surface area contributed by atoms with Crippen molar-refractivity contribution in [2.45, 2.75) is 85.0 Å². The van der Waals surface area contributed by atoms with E-state index in [2.05, 4.69) is 10.6 Å². The van der Waals surface area contributed by atoms with Crippen LogP contribution in [-0.4, -0.2) is 47.0 Å². The van der Waals surface area contributed by atoms with E-state index >= 15 is 0 Å². The Morgan fingerprint density at radius 3 is 2.11 bits per heavy atom. The number of ether oxygens (including phenoxy) is 1. The smallest absolute Gasteiger partial charge is 0.408 e. The summed E-state index contributed by atoms with van der Waals surface area (Å²) >= 11 is 0. The first-order chi connectivity index (χ1) is 16.6. The van der Waals surface area contributed by atoms with Gasteiger partial charge in [-0.2, -0.15) is 0 Å². The summed E-state index contributed by atoms with van der Waals surface area (Å²) in [7, 11) is 1.60. The molecule has 0 aromatic heterocycles. The predicted octanol–water partition coefficient (Wildman–Crippen LogP) is 4.85. The van der Waals surface area contributed by atoms with Crippen molar-refractivity contribution in [3.05, 3.63) is 70.8 Å². The molecule has 196 valence electrons. The van der Waals surface area contributed by atoms with Gasteiger partial charge in [0.1, 0.15) is 17.7 Å². The molecular formula is C29H41N3O4. The summed E-state index contributed by atoms with van der Waals surface area (Å²) < 4.78 is 5.43. The van der Waals surface area contributed by atoms with E-state index in [1.54, 1.807) is 27.8 Å². The summed E-state index contributed by atoms with van der Waals surface area (Å²) in [6.45, 7) is 14.9. The molecule has 0 heterocycles. The van der Waals surface area contributed by atoms with Crippen LogP contribution >= 0.6 is 0 Å². The van der Waals surface area contributed by atoms with Crippen LogP contribution in [-0.2, 0) is 20.7 Å². The number of benzene rings is 2. The third-order valence-electron chi connectivity index (χ3n) is 5.48. The van der Waals surface area contributed by atoms with Gasteiger partial charge >= 0.3 is 6.09 Å². The van der Waals surface area contributed by atoms with Crippen LogP contribution in [0.5, 0.6) is 0 Å². The highest BCUT2D eigenvalue weighted by molar-refractivity contribution is 5.92. The van der Waals surface area contributed by atoms with Crippen molar-refractivity contribution in [3.8, 4) is 0 Å². The zero-order valence-corrected chi connectivity index (χ0v) is 23.1. The number of likely N-dealkylation sites (N-methyl/N-ethyl adjacent to an activating group) is 1. The molecule has 2 aromatic rings. The Hall–Kier alpha value is -3.35. The number of nitrogens with zero attached hydrogens (tertiary/aromatic N) is 1. The second-order valence-corrected chi connectivity index (χ2v) is 11.3. The molecule has 2 N–H and O–H groups in total. The molecular weight excluding hydrogens is 454 g/mol. The highest BCUT2D eigenvalue weighted by Gasteiger charge is 2.36. The fraction of sp³-hybridized carbons (Fsp3) is 0.483. The highest BCUT2D eigenvalue weighted by Crippen LogP contribution is 2.26. The minimum absolute atomic E-state index is 0.254. The lowest BCUT2D eigenvalue weighted by atomic mass is 9.95. The first kappa shape index (κ1) is 28.9. The van der Waals surface area contributed by atoms with Crippen LogP contribution in [0.15, 0.2) is 48.5 Å². The summed E-state index contributed by atoms with van der Waals surface area (Å²) in [4.78, 5) is 41.5. The zero-order chi connectivity index (χ0) is 27.3. The summed E-state index contributed by atoms with van der Waals surface area (Å²) in [5, 5.41) is 5.75. The SMILES string of the molecule is Cc1ccc(C)c(C(C(=O)NC(C)(C)C)N(C)C(=O)C(Cc2ccccc2)NC(=O)OC(C)(C)C)c1. The quantitative estimate of drug-likeness (QED) is 0.575. The van der Waals surface area contributed by atoms with E-state index in [4.69, 9.17) is 4.74 Å². The molecule has 2 unspecified atom stereocenters. The minimum Gasteiger partial charge on any atom is -0.444 e. The van der Waals surface area contributed by atoms with Crippen molar-refractivity contribution in [1.82, 2.24) is 15.5 Å². The van der Waals surface area contributed by atoms with Crippen LogP contribution in [0.3, 0.4) is 0 Å². The first-order valence-electron chi connectivity index (χ1n) is 12.3. The molecule has 2 aromatic carbocycles. The van der Waals surface area contributed by atoms with Gasteiger partial charge in [-0.3, -0.25) is 9.59 Å². The average molecular weight is 496 g/mol. The maximum atomic E-state index is 13.9. The highest BCUT2D eigenvalue weighted by atomic mass is 16.6. The first-order valence-corrected chi connectivity index (χ1v) is 12.3. The van der Waals surface area contributed by atoms with E-state index in [1.807, 2.05) is 83.1 Å². The Morgan fingerprint density at radius 1 is 0.944 bits per heavy atom. The molecule has 36 heavy (non-hydrogen) atoms. The molecule has 0 radical (unpaired) electrons. The van der Waals surface area contributed by atoms with E-state index in [0.29, 0.717) is 0 Å². The number of carbonyl (C=O) groups is 3. The minimum atomic E-state index is -0.928. The number of rotatable bonds is 7. The largest absolute Gasteiger partial charge is 0.444 e. The molecule has 0 aliphatic rings. The van der Waals surface area contributed by atoms with Gasteiger partial charge in [-0.25, -0.2) is 4.79 Å². The van der Waals surface area contributed by atoms with Crippen molar-refractivity contribution in [1.29, 1.82) is 0 Å². The number of amides is 3. The monoisotopic (exact) mass is 495 g/mol. The summed E-state index contributed by atoms with van der Waals surface area (Å²) in [6.07, 6.45) is -0.434. The van der Waals surface area contributed by atoms with Gasteiger partial charge in [0, 0.05) is 19.0 Å². The maximum Gasteiger partial charge on any atom is 0.408 e. The van der Waals surface area contributed by atoms with Gasteiger partial charge in [0.25, 0.3) is 0 Å². The number of aryl methyl sites for hydroxylation is 2. The Labute approximate surface area is 215 Å². The summed E-state index contributed by atoms with van der Waals surface area (Å²) in [6, 6.07) is 13.5. The Kier molecular flexibility index (Phi) is 9.30. The van der Waals surface area contributed by atoms with Crippen LogP contribution in [0, 0.1) is 13.8 Å². The van der Waals surface area contributed by atoms with E-state index in [0.717, 1.165) is 22.3 Å². The molecule has 2 rings (SSSR count). The van der Waals surface area contributed by atoms with E-state index in [1.165, 1.54) is 4.90 Å². The van der Waals surface area contributed by atoms with Crippen LogP contribution in [0.25, 0.3) is 0 Å². The lowest BCUT2D eigenvalue weighted by Crippen LogP contribution is -2.54. The molecule has 7 heteroatoms. The molecule has 0 aliphatic heterocycles. The molecule has 0 spiro atoms. The number of hydrogen-bond donors (Lipinski definition) is 2. The van der Waals surface area contributed by atoms with Gasteiger partial charge in [0.15, 0.2) is 0 Å². The van der Waals surface area contributed by atoms with Crippen molar-refractivity contribution in [2.24, 2.45) is 0 Å². The number of nitrogens with one attached hydrogen (secondary N) is 2. The zero-order valence-electron chi connectivity index (χ0n) is 23.1. The van der Waals surface area contributed by atoms with Crippen molar-refractivity contribution in [3.63, 3.8) is 0 Å². The molecule has 0 aliphatic carbocycles. The normalized spacial score (nSPS) is 13.4. The lowest BCUT2D eigenvalue weighted by Gasteiger charge is -2.34. The fourth-order valence-corrected chi connectivity index (χ4v) is 3.89. The average Bonchev–Trinajstić information content (AvgIpc) is 2.73. The van der Waals surface area contributed by atoms with Gasteiger partial charge in [0.05, 0.1) is 0 Å². The molecule has 0 saturated carbocycles. The van der Waals surface area contributed by atoms with Crippen molar-refractivity contribution < 1.29 is 19.1 Å². The second-order valence-electron chi connectivity index (χ2n) is 11.3. The van der Waals surface area contributed by atoms with Crippen LogP contribution in [0.1, 0.15) is 69.8 Å². The molecule has 2 atom stereocenters. The fourth-order valence-electron chi connectivity index (χ4n) is 3.89. The molecule has 3 amide bonds. The molecule has 0 bridgehead atoms. The standard InChI is InChI=1S/C29H41N3O4/c1-19-15-16-20(2)22(17-19)24(25(33)31-28(3,4)5)32(9)26(34)23(18-21-13-11-10-12-14-21)30-27(35)36-29(6,7)8/h10-17,23-24H,18H2,1-9H3,(H,30,35)(H,31,33). The van der Waals surface area contributed by atoms with Crippen molar-refractivity contribution >= 4 is 17.9 Å². The molecule has 0 fully saturated rings. The number of hydrogen-bond acceptors (Lipinski definition) is 4. The van der Waals surface area contributed by atoms with Crippen LogP contribution in [0.4, 0.5) is 4.79 Å². The van der Waals surface area contributed by atoms with Crippen LogP contribution in [0.2, 0.25) is 0 Å². The maximum absolute atomic E-state index is 13.9. The lowest BCUT2D eigenvalue weighted by molar-refractivity contribution is -0.141. The Balaban J connectivity index is 2.47. The molecule has 7 nitrogen and oxygen atoms in total. The van der Waals surface area contributed by atoms with Crippen LogP contribution < -0.4 is 10.6 Å².